The number of benzene rings is 1. The van der Waals surface area contributed by atoms with Crippen LogP contribution >= 0.6 is 0 Å². The minimum atomic E-state index is -3.41. The van der Waals surface area contributed by atoms with Crippen LogP contribution in [0.3, 0.4) is 0 Å². The molecular weight excluding hydrogens is 414 g/mol. The number of aromatic nitrogens is 1. The first-order chi connectivity index (χ1) is 14.7. The molecule has 0 atom stereocenters. The van der Waals surface area contributed by atoms with Crippen LogP contribution in [0.4, 0.5) is 0 Å². The summed E-state index contributed by atoms with van der Waals surface area (Å²) in [6.07, 6.45) is 2.48. The van der Waals surface area contributed by atoms with Crippen molar-refractivity contribution in [3.05, 3.63) is 53.4 Å². The first kappa shape index (κ1) is 23.3. The molecule has 0 amide bonds. The van der Waals surface area contributed by atoms with E-state index in [2.05, 4.69) is 65.4 Å². The van der Waals surface area contributed by atoms with Gasteiger partial charge >= 0.3 is 0 Å². The summed E-state index contributed by atoms with van der Waals surface area (Å²) in [7, 11) is -1.66. The van der Waals surface area contributed by atoms with Crippen molar-refractivity contribution in [1.82, 2.24) is 19.7 Å². The van der Waals surface area contributed by atoms with Gasteiger partial charge in [0.15, 0.2) is 5.96 Å². The Kier molecular flexibility index (Phi) is 7.38. The number of hydrogen-bond acceptors (Lipinski definition) is 5. The van der Waals surface area contributed by atoms with Crippen molar-refractivity contribution in [3.63, 3.8) is 0 Å². The number of piperazine rings is 1. The van der Waals surface area contributed by atoms with Gasteiger partial charge in [0.2, 0.25) is 10.0 Å². The minimum Gasteiger partial charge on any atom is -0.364 e. The molecule has 1 fully saturated rings. The summed E-state index contributed by atoms with van der Waals surface area (Å²) >= 11 is 0. The molecule has 1 aliphatic heterocycles. The highest BCUT2D eigenvalue weighted by molar-refractivity contribution is 7.88. The summed E-state index contributed by atoms with van der Waals surface area (Å²) in [6.45, 7) is 9.40. The van der Waals surface area contributed by atoms with Crippen LogP contribution in [0.15, 0.2) is 46.1 Å². The minimum absolute atomic E-state index is 0.138. The first-order valence-electron chi connectivity index (χ1n) is 10.7. The van der Waals surface area contributed by atoms with Crippen molar-refractivity contribution in [2.24, 2.45) is 4.99 Å². The first-order valence-corrected chi connectivity index (χ1v) is 12.3. The second-order valence-corrected chi connectivity index (χ2v) is 10.4. The Morgan fingerprint density at radius 1 is 1.16 bits per heavy atom. The van der Waals surface area contributed by atoms with Gasteiger partial charge in [0.05, 0.1) is 5.69 Å². The molecule has 2 heterocycles. The SMILES string of the molecule is CCC(C)(C)c1ccc(CNC(=NC)N2CCN(S(=O)(=O)Cc3ccon3)CC2)cc1. The molecular formula is C22H33N5O3S. The van der Waals surface area contributed by atoms with E-state index in [1.54, 1.807) is 13.1 Å². The van der Waals surface area contributed by atoms with E-state index in [0.29, 0.717) is 38.4 Å². The van der Waals surface area contributed by atoms with Crippen molar-refractivity contribution in [2.45, 2.75) is 44.9 Å². The Morgan fingerprint density at radius 2 is 1.84 bits per heavy atom. The normalized spacial score (nSPS) is 16.5. The van der Waals surface area contributed by atoms with E-state index in [1.165, 1.54) is 21.7 Å². The number of sulfonamides is 1. The van der Waals surface area contributed by atoms with E-state index in [0.717, 1.165) is 12.4 Å². The predicted molar refractivity (Wildman–Crippen MR) is 122 cm³/mol. The Hall–Kier alpha value is -2.39. The van der Waals surface area contributed by atoms with Crippen molar-refractivity contribution in [3.8, 4) is 0 Å². The molecule has 2 aromatic rings. The van der Waals surface area contributed by atoms with Gasteiger partial charge in [0, 0.05) is 45.8 Å². The molecule has 1 saturated heterocycles. The van der Waals surface area contributed by atoms with Crippen LogP contribution in [-0.2, 0) is 27.7 Å². The second-order valence-electron chi connectivity index (χ2n) is 8.47. The zero-order valence-electron chi connectivity index (χ0n) is 18.8. The van der Waals surface area contributed by atoms with Crippen LogP contribution in [0.1, 0.15) is 44.0 Å². The molecule has 0 bridgehead atoms. The van der Waals surface area contributed by atoms with Crippen LogP contribution in [0, 0.1) is 0 Å². The fourth-order valence-corrected chi connectivity index (χ4v) is 4.98. The summed E-state index contributed by atoms with van der Waals surface area (Å²) in [5.41, 5.74) is 3.13. The van der Waals surface area contributed by atoms with E-state index in [9.17, 15) is 8.42 Å². The average molecular weight is 448 g/mol. The molecule has 9 heteroatoms. The van der Waals surface area contributed by atoms with Crippen molar-refractivity contribution in [1.29, 1.82) is 0 Å². The summed E-state index contributed by atoms with van der Waals surface area (Å²) in [4.78, 5) is 6.48. The molecule has 0 saturated carbocycles. The standard InChI is InChI=1S/C22H33N5O3S/c1-5-22(2,3)19-8-6-18(7-9-19)16-24-21(23-4)26-11-13-27(14-12-26)31(28,29)17-20-10-15-30-25-20/h6-10,15H,5,11-14,16-17H2,1-4H3,(H,23,24). The molecule has 1 aromatic heterocycles. The quantitative estimate of drug-likeness (QED) is 0.518. The fraction of sp³-hybridized carbons (Fsp3) is 0.545. The maximum Gasteiger partial charge on any atom is 0.220 e. The van der Waals surface area contributed by atoms with Gasteiger partial charge in [-0.2, -0.15) is 4.31 Å². The summed E-state index contributed by atoms with van der Waals surface area (Å²) < 4.78 is 31.5. The van der Waals surface area contributed by atoms with Crippen LogP contribution in [0.5, 0.6) is 0 Å². The average Bonchev–Trinajstić information content (AvgIpc) is 3.27. The lowest BCUT2D eigenvalue weighted by Crippen LogP contribution is -2.53. The molecule has 0 unspecified atom stereocenters. The summed E-state index contributed by atoms with van der Waals surface area (Å²) in [6, 6.07) is 10.3. The topological polar surface area (TPSA) is 91.0 Å². The molecule has 31 heavy (non-hydrogen) atoms. The number of rotatable bonds is 7. The zero-order valence-corrected chi connectivity index (χ0v) is 19.7. The van der Waals surface area contributed by atoms with E-state index < -0.39 is 10.0 Å². The van der Waals surface area contributed by atoms with Crippen molar-refractivity contribution < 1.29 is 12.9 Å². The Balaban J connectivity index is 1.52. The number of guanidine groups is 1. The highest BCUT2D eigenvalue weighted by Gasteiger charge is 2.29. The lowest BCUT2D eigenvalue weighted by Gasteiger charge is -2.35. The third-order valence-corrected chi connectivity index (χ3v) is 7.85. The van der Waals surface area contributed by atoms with Gasteiger partial charge in [-0.05, 0) is 23.0 Å². The van der Waals surface area contributed by atoms with Crippen LogP contribution in [0.2, 0.25) is 0 Å². The largest absolute Gasteiger partial charge is 0.364 e. The van der Waals surface area contributed by atoms with E-state index in [1.807, 2.05) is 0 Å². The highest BCUT2D eigenvalue weighted by Crippen LogP contribution is 2.26. The van der Waals surface area contributed by atoms with E-state index in [-0.39, 0.29) is 11.2 Å². The Labute approximate surface area is 185 Å². The molecule has 0 radical (unpaired) electrons. The molecule has 0 spiro atoms. The second kappa shape index (κ2) is 9.82. The fourth-order valence-electron chi connectivity index (χ4n) is 3.56. The maximum absolute atomic E-state index is 12.6. The van der Waals surface area contributed by atoms with Crippen LogP contribution in [0.25, 0.3) is 0 Å². The maximum atomic E-state index is 12.6. The highest BCUT2D eigenvalue weighted by atomic mass is 32.2. The molecule has 170 valence electrons. The lowest BCUT2D eigenvalue weighted by molar-refractivity contribution is 0.259. The lowest BCUT2D eigenvalue weighted by atomic mass is 9.82. The van der Waals surface area contributed by atoms with Gasteiger partial charge in [-0.3, -0.25) is 4.99 Å². The van der Waals surface area contributed by atoms with Gasteiger partial charge in [-0.1, -0.05) is 50.2 Å². The smallest absolute Gasteiger partial charge is 0.220 e. The molecule has 1 N–H and O–H groups in total. The Morgan fingerprint density at radius 3 is 2.39 bits per heavy atom. The predicted octanol–water partition coefficient (Wildman–Crippen LogP) is 2.59. The number of aliphatic imine (C=N–C) groups is 1. The van der Waals surface area contributed by atoms with Crippen molar-refractivity contribution >= 4 is 16.0 Å². The number of nitrogens with zero attached hydrogens (tertiary/aromatic N) is 4. The number of nitrogens with one attached hydrogen (secondary N) is 1. The number of hydrogen-bond donors (Lipinski definition) is 1. The summed E-state index contributed by atoms with van der Waals surface area (Å²) in [5, 5.41) is 7.11. The molecule has 0 aliphatic carbocycles. The van der Waals surface area contributed by atoms with Crippen LogP contribution in [-0.4, -0.2) is 62.0 Å². The van der Waals surface area contributed by atoms with Gasteiger partial charge in [0.25, 0.3) is 0 Å². The van der Waals surface area contributed by atoms with Crippen molar-refractivity contribution in [2.75, 3.05) is 33.2 Å². The monoisotopic (exact) mass is 447 g/mol. The van der Waals surface area contributed by atoms with E-state index >= 15 is 0 Å². The van der Waals surface area contributed by atoms with E-state index in [4.69, 9.17) is 4.52 Å². The molecule has 1 aliphatic rings. The molecule has 8 nitrogen and oxygen atoms in total. The molecule has 1 aromatic carbocycles. The van der Waals surface area contributed by atoms with Gasteiger partial charge in [-0.25, -0.2) is 8.42 Å². The van der Waals surface area contributed by atoms with Gasteiger partial charge < -0.3 is 14.7 Å². The third kappa shape index (κ3) is 5.86. The van der Waals surface area contributed by atoms with Gasteiger partial charge in [0.1, 0.15) is 12.0 Å². The summed E-state index contributed by atoms with van der Waals surface area (Å²) in [5.74, 6) is 0.646. The van der Waals surface area contributed by atoms with Crippen LogP contribution < -0.4 is 5.32 Å². The zero-order chi connectivity index (χ0) is 22.5. The van der Waals surface area contributed by atoms with Gasteiger partial charge in [-0.15, -0.1) is 0 Å². The Bertz CT molecular complexity index is 961. The molecule has 3 rings (SSSR count). The third-order valence-electron chi connectivity index (χ3n) is 6.03.